The third kappa shape index (κ3) is 5.37. The normalized spacial score (nSPS) is 17.2. The number of aliphatic hydroxyl groups excluding tert-OH is 1. The number of likely N-dealkylation sites (N-methyl/N-ethyl adjacent to an activating group) is 1. The summed E-state index contributed by atoms with van der Waals surface area (Å²) in [7, 11) is 0. The Labute approximate surface area is 216 Å². The van der Waals surface area contributed by atoms with Crippen molar-refractivity contribution in [2.24, 2.45) is 0 Å². The van der Waals surface area contributed by atoms with E-state index < -0.39 is 17.7 Å². The molecule has 188 valence electrons. The highest BCUT2D eigenvalue weighted by atomic mass is 32.1. The van der Waals surface area contributed by atoms with E-state index in [2.05, 4.69) is 18.7 Å². The molecule has 0 aliphatic carbocycles. The van der Waals surface area contributed by atoms with Crippen LogP contribution in [0.1, 0.15) is 41.5 Å². The van der Waals surface area contributed by atoms with Gasteiger partial charge in [0.05, 0.1) is 11.6 Å². The van der Waals surface area contributed by atoms with Crippen LogP contribution in [0.2, 0.25) is 0 Å². The smallest absolute Gasteiger partial charge is 0.295 e. The van der Waals surface area contributed by atoms with Crippen molar-refractivity contribution in [1.82, 2.24) is 9.80 Å². The second-order valence-corrected chi connectivity index (χ2v) is 9.77. The fourth-order valence-corrected chi connectivity index (χ4v) is 5.37. The number of aliphatic hydroxyl groups is 1. The van der Waals surface area contributed by atoms with Crippen LogP contribution >= 0.6 is 11.3 Å². The van der Waals surface area contributed by atoms with Gasteiger partial charge in [0, 0.05) is 23.5 Å². The molecule has 4 rings (SSSR count). The Bertz CT molecular complexity index is 1230. The van der Waals surface area contributed by atoms with Gasteiger partial charge in [0.15, 0.2) is 0 Å². The van der Waals surface area contributed by atoms with E-state index in [0.29, 0.717) is 31.0 Å². The quantitative estimate of drug-likeness (QED) is 0.227. The Balaban J connectivity index is 1.64. The zero-order valence-electron chi connectivity index (χ0n) is 20.9. The number of Topliss-reactive ketones (excluding diaryl/α,β-unsaturated/α-hetero) is 1. The minimum atomic E-state index is -0.644. The number of carbonyl (C=O) groups is 2. The molecule has 1 aromatic heterocycles. The van der Waals surface area contributed by atoms with Crippen LogP contribution in [0.25, 0.3) is 5.76 Å². The average molecular weight is 505 g/mol. The fourth-order valence-electron chi connectivity index (χ4n) is 4.52. The van der Waals surface area contributed by atoms with Crippen LogP contribution in [-0.4, -0.2) is 52.8 Å². The Morgan fingerprint density at radius 1 is 1.06 bits per heavy atom. The van der Waals surface area contributed by atoms with E-state index in [9.17, 15) is 14.7 Å². The summed E-state index contributed by atoms with van der Waals surface area (Å²) in [6, 6.07) is 18.5. The van der Waals surface area contributed by atoms with Gasteiger partial charge in [-0.3, -0.25) is 9.59 Å². The van der Waals surface area contributed by atoms with Crippen molar-refractivity contribution in [3.63, 3.8) is 0 Å². The maximum absolute atomic E-state index is 13.2. The van der Waals surface area contributed by atoms with E-state index in [4.69, 9.17) is 4.74 Å². The summed E-state index contributed by atoms with van der Waals surface area (Å²) < 4.78 is 5.91. The van der Waals surface area contributed by atoms with Gasteiger partial charge in [-0.15, -0.1) is 11.3 Å². The number of benzene rings is 2. The van der Waals surface area contributed by atoms with Crippen LogP contribution in [-0.2, 0) is 16.2 Å². The molecule has 3 aromatic rings. The minimum absolute atomic E-state index is 0.142. The number of thiophene rings is 1. The molecule has 7 heteroatoms. The summed E-state index contributed by atoms with van der Waals surface area (Å²) in [5.74, 6) is -0.691. The summed E-state index contributed by atoms with van der Waals surface area (Å²) in [6.07, 6.45) is 0. The maximum atomic E-state index is 13.2. The first kappa shape index (κ1) is 25.7. The zero-order valence-corrected chi connectivity index (χ0v) is 21.8. The molecule has 2 heterocycles. The molecule has 6 nitrogen and oxygen atoms in total. The molecule has 1 amide bonds. The fraction of sp³-hybridized carbons (Fsp3) is 0.310. The Morgan fingerprint density at radius 2 is 1.81 bits per heavy atom. The van der Waals surface area contributed by atoms with Gasteiger partial charge < -0.3 is 19.6 Å². The largest absolute Gasteiger partial charge is 0.507 e. The van der Waals surface area contributed by atoms with E-state index in [-0.39, 0.29) is 11.3 Å². The van der Waals surface area contributed by atoms with Gasteiger partial charge in [0.1, 0.15) is 18.1 Å². The average Bonchev–Trinajstić information content (AvgIpc) is 3.51. The molecule has 0 spiro atoms. The topological polar surface area (TPSA) is 70.1 Å². The number of rotatable bonds is 10. The zero-order chi connectivity index (χ0) is 25.7. The van der Waals surface area contributed by atoms with E-state index in [0.717, 1.165) is 29.1 Å². The molecule has 1 aliphatic rings. The molecule has 1 saturated heterocycles. The van der Waals surface area contributed by atoms with Crippen molar-refractivity contribution in [3.8, 4) is 5.75 Å². The van der Waals surface area contributed by atoms with Crippen molar-refractivity contribution in [1.29, 1.82) is 0 Å². The van der Waals surface area contributed by atoms with Crippen LogP contribution in [0.4, 0.5) is 0 Å². The number of ketones is 1. The van der Waals surface area contributed by atoms with Crippen molar-refractivity contribution in [3.05, 3.63) is 93.2 Å². The summed E-state index contributed by atoms with van der Waals surface area (Å²) >= 11 is 1.48. The first-order valence-electron chi connectivity index (χ1n) is 12.3. The molecule has 2 aromatic carbocycles. The highest BCUT2D eigenvalue weighted by molar-refractivity contribution is 7.10. The van der Waals surface area contributed by atoms with Gasteiger partial charge in [-0.2, -0.15) is 0 Å². The molecule has 36 heavy (non-hydrogen) atoms. The number of nitrogens with zero attached hydrogens (tertiary/aromatic N) is 2. The SMILES string of the molecule is CCN(CC)CCN1C(=O)C(=O)C(=C(O)c2ccc(OCc3ccccc3)cc2C)[C@@H]1c1cccs1. The van der Waals surface area contributed by atoms with E-state index >= 15 is 0 Å². The third-order valence-corrected chi connectivity index (χ3v) is 7.53. The van der Waals surface area contributed by atoms with Crippen LogP contribution in [0.3, 0.4) is 0 Å². The molecule has 0 radical (unpaired) electrons. The van der Waals surface area contributed by atoms with Gasteiger partial charge in [-0.25, -0.2) is 0 Å². The molecule has 0 saturated carbocycles. The molecule has 0 bridgehead atoms. The van der Waals surface area contributed by atoms with E-state index in [1.165, 1.54) is 11.3 Å². The molecule has 1 atom stereocenters. The Hall–Kier alpha value is -3.42. The van der Waals surface area contributed by atoms with Crippen molar-refractivity contribution in [2.45, 2.75) is 33.4 Å². The summed E-state index contributed by atoms with van der Waals surface area (Å²) in [6.45, 7) is 9.24. The second kappa shape index (κ2) is 11.5. The van der Waals surface area contributed by atoms with Gasteiger partial charge in [0.25, 0.3) is 11.7 Å². The predicted molar refractivity (Wildman–Crippen MR) is 143 cm³/mol. The van der Waals surface area contributed by atoms with Crippen molar-refractivity contribution >= 4 is 28.8 Å². The summed E-state index contributed by atoms with van der Waals surface area (Å²) in [5, 5.41) is 13.3. The Morgan fingerprint density at radius 3 is 2.44 bits per heavy atom. The van der Waals surface area contributed by atoms with Crippen LogP contribution < -0.4 is 4.74 Å². The van der Waals surface area contributed by atoms with E-state index in [1.807, 2.05) is 60.8 Å². The number of hydrogen-bond acceptors (Lipinski definition) is 6. The number of aryl methyl sites for hydroxylation is 1. The maximum Gasteiger partial charge on any atom is 0.295 e. The number of carbonyl (C=O) groups excluding carboxylic acids is 2. The van der Waals surface area contributed by atoms with Gasteiger partial charge in [-0.05, 0) is 60.8 Å². The highest BCUT2D eigenvalue weighted by Gasteiger charge is 2.46. The Kier molecular flexibility index (Phi) is 8.23. The highest BCUT2D eigenvalue weighted by Crippen LogP contribution is 2.41. The first-order valence-corrected chi connectivity index (χ1v) is 13.1. The minimum Gasteiger partial charge on any atom is -0.507 e. The molecule has 1 N–H and O–H groups in total. The lowest BCUT2D eigenvalue weighted by Gasteiger charge is -2.27. The lowest BCUT2D eigenvalue weighted by Crippen LogP contribution is -2.37. The molecular formula is C29H32N2O4S. The number of amides is 1. The number of ether oxygens (including phenoxy) is 1. The second-order valence-electron chi connectivity index (χ2n) is 8.79. The monoisotopic (exact) mass is 504 g/mol. The lowest BCUT2D eigenvalue weighted by atomic mass is 9.97. The van der Waals surface area contributed by atoms with Crippen LogP contribution in [0.15, 0.2) is 71.6 Å². The van der Waals surface area contributed by atoms with Gasteiger partial charge in [0.2, 0.25) is 0 Å². The van der Waals surface area contributed by atoms with Gasteiger partial charge in [-0.1, -0.05) is 50.2 Å². The molecule has 1 fully saturated rings. The predicted octanol–water partition coefficient (Wildman–Crippen LogP) is 5.40. The third-order valence-electron chi connectivity index (χ3n) is 6.61. The summed E-state index contributed by atoms with van der Waals surface area (Å²) in [4.78, 5) is 31.0. The van der Waals surface area contributed by atoms with E-state index in [1.54, 1.807) is 17.0 Å². The number of hydrogen-bond donors (Lipinski definition) is 1. The van der Waals surface area contributed by atoms with Crippen molar-refractivity contribution < 1.29 is 19.4 Å². The number of likely N-dealkylation sites (tertiary alicyclic amines) is 1. The molecular weight excluding hydrogens is 472 g/mol. The summed E-state index contributed by atoms with van der Waals surface area (Å²) in [5.41, 5.74) is 2.48. The van der Waals surface area contributed by atoms with Crippen LogP contribution in [0.5, 0.6) is 5.75 Å². The standard InChI is InChI=1S/C29H32N2O4S/c1-4-30(5-2)15-16-31-26(24-12-9-17-36-24)25(28(33)29(31)34)27(32)23-14-13-22(18-20(23)3)35-19-21-10-7-6-8-11-21/h6-14,17-18,26,32H,4-5,15-16,19H2,1-3H3/t26-/m0/s1. The lowest BCUT2D eigenvalue weighted by molar-refractivity contribution is -0.140. The van der Waals surface area contributed by atoms with Gasteiger partial charge >= 0.3 is 0 Å². The molecule has 0 unspecified atom stereocenters. The first-order chi connectivity index (χ1) is 17.4. The molecule has 1 aliphatic heterocycles. The van der Waals surface area contributed by atoms with Crippen molar-refractivity contribution in [2.75, 3.05) is 26.2 Å². The van der Waals surface area contributed by atoms with Crippen LogP contribution in [0, 0.1) is 6.92 Å².